The van der Waals surface area contributed by atoms with Crippen molar-refractivity contribution >= 4 is 63.2 Å². The first-order chi connectivity index (χ1) is 37.7. The van der Waals surface area contributed by atoms with Crippen LogP contribution in [0.15, 0.2) is 77.8 Å². The van der Waals surface area contributed by atoms with Crippen molar-refractivity contribution < 1.29 is 60.3 Å². The van der Waals surface area contributed by atoms with Gasteiger partial charge in [0.1, 0.15) is 29.7 Å². The number of H-pyrrole nitrogens is 1. The van der Waals surface area contributed by atoms with Gasteiger partial charge in [-0.2, -0.15) is 4.98 Å². The summed E-state index contributed by atoms with van der Waals surface area (Å²) in [5.41, 5.74) is 1.07. The number of carbonyl (C=O) groups excluding carboxylic acids is 1. The molecule has 12 rings (SSSR count). The zero-order chi connectivity index (χ0) is 55.2. The number of rotatable bonds is 12. The summed E-state index contributed by atoms with van der Waals surface area (Å²) >= 11 is 0. The number of benzene rings is 3. The number of aromatic nitrogens is 2. The number of halogens is 1. The van der Waals surface area contributed by atoms with Crippen molar-refractivity contribution in [1.29, 1.82) is 0 Å². The summed E-state index contributed by atoms with van der Waals surface area (Å²) < 4.78 is 88.7. The number of nitrogens with one attached hydrogen (secondary N) is 3. The number of nitro groups is 1. The number of phosphoric ester groups is 1. The Kier molecular flexibility index (Phi) is 13.8. The first-order valence-electron chi connectivity index (χ1n) is 27.3. The number of amides is 1. The molecule has 1 spiro atoms. The molecular weight excluding hydrogens is 1060 g/mol. The number of nitro benzene ring substituents is 1. The smallest absolute Gasteiger partial charge is 0.470 e. The average Bonchev–Trinajstić information content (AvgIpc) is 4.08. The van der Waals surface area contributed by atoms with Crippen LogP contribution in [0.2, 0.25) is 0 Å². The highest BCUT2D eigenvalue weighted by atomic mass is 32.2. The fraction of sp³-hybridized carbons (Fsp3) is 0.527. The van der Waals surface area contributed by atoms with Crippen molar-refractivity contribution in [3.05, 3.63) is 99.7 Å². The van der Waals surface area contributed by atoms with Crippen molar-refractivity contribution in [2.75, 3.05) is 67.8 Å². The molecule has 2 saturated carbocycles. The molecule has 21 nitrogen and oxygen atoms in total. The Morgan fingerprint density at radius 3 is 2.47 bits per heavy atom. The molecule has 3 aromatic carbocycles. The molecule has 0 unspecified atom stereocenters. The van der Waals surface area contributed by atoms with Gasteiger partial charge in [-0.25, -0.2) is 22.1 Å². The fourth-order valence-electron chi connectivity index (χ4n) is 13.5. The van der Waals surface area contributed by atoms with E-state index >= 15 is 4.39 Å². The third-order valence-electron chi connectivity index (χ3n) is 17.8. The Hall–Kier alpha value is -5.91. The molecule has 5 N–H and O–H groups in total. The van der Waals surface area contributed by atoms with E-state index in [2.05, 4.69) is 62.9 Å². The minimum absolute atomic E-state index is 0.0187. The van der Waals surface area contributed by atoms with Gasteiger partial charge in [0, 0.05) is 61.7 Å². The third kappa shape index (κ3) is 10.2. The predicted molar refractivity (Wildman–Crippen MR) is 291 cm³/mol. The van der Waals surface area contributed by atoms with Gasteiger partial charge < -0.3 is 48.8 Å². The second-order valence-corrected chi connectivity index (χ2v) is 26.0. The first-order valence-corrected chi connectivity index (χ1v) is 30.3. The van der Waals surface area contributed by atoms with Gasteiger partial charge in [-0.05, 0) is 118 Å². The Balaban J connectivity index is 0.818. The van der Waals surface area contributed by atoms with Gasteiger partial charge in [-0.3, -0.25) is 24.3 Å². The van der Waals surface area contributed by atoms with Crippen molar-refractivity contribution in [2.45, 2.75) is 131 Å². The molecule has 2 aromatic heterocycles. The highest BCUT2D eigenvalue weighted by Crippen LogP contribution is 2.55. The molecule has 422 valence electrons. The second-order valence-electron chi connectivity index (χ2n) is 23.1. The van der Waals surface area contributed by atoms with E-state index in [0.717, 1.165) is 75.1 Å². The number of morpholine rings is 1. The molecule has 0 bridgehead atoms. The largest absolute Gasteiger partial charge is 0.489 e. The van der Waals surface area contributed by atoms with Crippen LogP contribution in [0, 0.1) is 15.5 Å². The number of sulfonamides is 1. The van der Waals surface area contributed by atoms with Crippen molar-refractivity contribution in [3.63, 3.8) is 0 Å². The molecule has 3 saturated heterocycles. The minimum atomic E-state index is -4.87. The predicted octanol–water partition coefficient (Wildman–Crippen LogP) is 8.55. The lowest BCUT2D eigenvalue weighted by atomic mass is 9.59. The van der Waals surface area contributed by atoms with E-state index in [1.807, 2.05) is 29.2 Å². The molecule has 0 radical (unpaired) electrons. The van der Waals surface area contributed by atoms with E-state index < -0.39 is 62.7 Å². The molecule has 7 heterocycles. The Morgan fingerprint density at radius 1 is 0.962 bits per heavy atom. The summed E-state index contributed by atoms with van der Waals surface area (Å²) in [7, 11) is -9.74. The van der Waals surface area contributed by atoms with E-state index in [0.29, 0.717) is 54.5 Å². The van der Waals surface area contributed by atoms with E-state index in [4.69, 9.17) is 28.5 Å². The number of piperidine rings is 1. The van der Waals surface area contributed by atoms with Crippen molar-refractivity contribution in [3.8, 4) is 11.6 Å². The summed E-state index contributed by atoms with van der Waals surface area (Å²) in [5, 5.41) is 16.3. The van der Waals surface area contributed by atoms with E-state index in [1.54, 1.807) is 12.3 Å². The molecular formula is C55H66FN8O13PS. The number of pyridine rings is 1. The third-order valence-corrected chi connectivity index (χ3v) is 19.8. The number of fused-ring (bicyclic) bond motifs is 4. The summed E-state index contributed by atoms with van der Waals surface area (Å²) in [5.74, 6) is -0.516. The zero-order valence-corrected chi connectivity index (χ0v) is 46.0. The number of nitrogens with zero attached hydrogens (tertiary/aromatic N) is 5. The number of anilines is 4. The lowest BCUT2D eigenvalue weighted by Gasteiger charge is -2.57. The number of alkyl halides is 1. The van der Waals surface area contributed by atoms with Crippen LogP contribution < -0.4 is 29.3 Å². The van der Waals surface area contributed by atoms with Crippen LogP contribution in [-0.2, 0) is 28.6 Å². The fourth-order valence-corrected chi connectivity index (χ4v) is 15.3. The van der Waals surface area contributed by atoms with Gasteiger partial charge in [0.15, 0.2) is 11.4 Å². The molecule has 24 heteroatoms. The maximum absolute atomic E-state index is 16.6. The van der Waals surface area contributed by atoms with Gasteiger partial charge in [0.25, 0.3) is 21.6 Å². The van der Waals surface area contributed by atoms with Crippen LogP contribution in [0.25, 0.3) is 11.0 Å². The van der Waals surface area contributed by atoms with Crippen LogP contribution in [0.4, 0.5) is 32.8 Å². The van der Waals surface area contributed by atoms with Crippen LogP contribution in [-0.4, -0.2) is 132 Å². The van der Waals surface area contributed by atoms with Gasteiger partial charge in [-0.15, -0.1) is 0 Å². The number of carbonyl (C=O) groups is 1. The summed E-state index contributed by atoms with van der Waals surface area (Å²) in [6.07, 6.45) is 5.42. The minimum Gasteiger partial charge on any atom is -0.489 e. The number of hydrogen-bond acceptors (Lipinski definition) is 16. The van der Waals surface area contributed by atoms with Crippen LogP contribution in [0.1, 0.15) is 112 Å². The SMILES string of the molecule is CC(C)c1ccccc1[C@@H]1COCCN1C1CC2(CCN(c3ccc(C(=O)NS(=O)(=O)c4cc5c(c([N+](=O)[O-])c4)N[C@@H](C4(F)CCC(C)(OP(=O)(O)O)CC4)CO5)c(N4c5cc6cc[nH]c6nc5O[C@H]5COCC[C@@H]54)c3)CC2)C1. The molecule has 1 amide bonds. The maximum Gasteiger partial charge on any atom is 0.470 e. The standard InChI is InChI=1S/C55H66FN8O13PS/c1-33(2)38-6-4-5-7-39(38)45-30-74-23-21-62(45)36-28-54(29-36)16-19-61(20-17-54)35-8-9-40(42(25-35)63-41-11-22-73-31-47(41)76-52-44(63)24-34-10-18-57-50(34)59-52)51(65)60-79(71,72)37-26-43(64(66)67)49-46(27-37)75-32-48(58-49)55(56)14-12-53(3,13-15-55)77-78(68,69)70/h4-10,18,24-27,33,36,41,45,47-48,58H,11-17,19-23,28-32H2,1-3H3,(H,57,59)(H,60,65)(H2,68,69,70)/t41-,45-,47-,48+,53?,55?/m0/s1. The molecule has 7 aliphatic rings. The van der Waals surface area contributed by atoms with Crippen molar-refractivity contribution in [2.24, 2.45) is 5.41 Å². The zero-order valence-electron chi connectivity index (χ0n) is 44.3. The van der Waals surface area contributed by atoms with Crippen LogP contribution >= 0.6 is 7.82 Å². The molecule has 5 aromatic rings. The van der Waals surface area contributed by atoms with Gasteiger partial charge in [0.05, 0.1) is 64.6 Å². The average molecular weight is 1130 g/mol. The Labute approximate surface area is 456 Å². The first kappa shape index (κ1) is 53.7. The summed E-state index contributed by atoms with van der Waals surface area (Å²) in [6, 6.07) is 19.0. The Bertz CT molecular complexity index is 3350. The summed E-state index contributed by atoms with van der Waals surface area (Å²) in [6.45, 7) is 10.1. The molecule has 5 fully saturated rings. The molecule has 2 aliphatic carbocycles. The van der Waals surface area contributed by atoms with Crippen LogP contribution in [0.5, 0.6) is 11.6 Å². The normalized spacial score (nSPS) is 27.2. The molecule has 5 aliphatic heterocycles. The quantitative estimate of drug-likeness (QED) is 0.0445. The van der Waals surface area contributed by atoms with Gasteiger partial charge >= 0.3 is 7.82 Å². The van der Waals surface area contributed by atoms with Gasteiger partial charge in [-0.1, -0.05) is 38.1 Å². The van der Waals surface area contributed by atoms with E-state index in [-0.39, 0.29) is 73.4 Å². The van der Waals surface area contributed by atoms with Gasteiger partial charge in [0.2, 0.25) is 5.88 Å². The lowest BCUT2D eigenvalue weighted by molar-refractivity contribution is -0.384. The maximum atomic E-state index is 16.6. The topological polar surface area (TPSA) is 260 Å². The number of hydrogen-bond donors (Lipinski definition) is 5. The van der Waals surface area contributed by atoms with Crippen LogP contribution in [0.3, 0.4) is 0 Å². The highest BCUT2D eigenvalue weighted by Gasteiger charge is 2.52. The molecule has 4 atom stereocenters. The monoisotopic (exact) mass is 1130 g/mol. The van der Waals surface area contributed by atoms with Crippen molar-refractivity contribution in [1.82, 2.24) is 19.6 Å². The number of aromatic amines is 1. The summed E-state index contributed by atoms with van der Waals surface area (Å²) in [4.78, 5) is 59.9. The van der Waals surface area contributed by atoms with E-state index in [9.17, 15) is 37.7 Å². The number of phosphoric acid groups is 1. The van der Waals surface area contributed by atoms with E-state index in [1.165, 1.54) is 18.1 Å². The second kappa shape index (κ2) is 20.3. The molecule has 79 heavy (non-hydrogen) atoms. The lowest BCUT2D eigenvalue weighted by Crippen LogP contribution is -2.58. The highest BCUT2D eigenvalue weighted by molar-refractivity contribution is 7.90. The number of ether oxygens (including phenoxy) is 4. The Morgan fingerprint density at radius 2 is 1.72 bits per heavy atom.